The van der Waals surface area contributed by atoms with Crippen LogP contribution in [0.15, 0.2) is 52.3 Å². The number of aryl methyl sites for hydroxylation is 2. The Kier molecular flexibility index (Phi) is 3.36. The molecule has 6 heteroatoms. The zero-order valence-electron chi connectivity index (χ0n) is 13.8. The lowest BCUT2D eigenvalue weighted by Gasteiger charge is -2.21. The lowest BCUT2D eigenvalue weighted by Crippen LogP contribution is -2.20. The number of fused-ring (bicyclic) bond motifs is 1. The molecule has 0 aliphatic carbocycles. The number of nitrogens with two attached hydrogens (primary N) is 1. The molecular weight excluding hydrogens is 316 g/mol. The molecule has 0 bridgehead atoms. The van der Waals surface area contributed by atoms with Crippen molar-refractivity contribution >= 4 is 0 Å². The van der Waals surface area contributed by atoms with E-state index in [1.807, 2.05) is 50.2 Å². The van der Waals surface area contributed by atoms with Gasteiger partial charge in [-0.15, -0.1) is 5.10 Å². The van der Waals surface area contributed by atoms with Crippen molar-refractivity contribution in [3.63, 3.8) is 0 Å². The van der Waals surface area contributed by atoms with Crippen molar-refractivity contribution in [1.82, 2.24) is 10.2 Å². The van der Waals surface area contributed by atoms with E-state index in [0.717, 1.165) is 22.6 Å². The quantitative estimate of drug-likeness (QED) is 0.748. The summed E-state index contributed by atoms with van der Waals surface area (Å²) in [6.45, 7) is 3.91. The number of aromatic amines is 1. The van der Waals surface area contributed by atoms with Crippen LogP contribution in [-0.4, -0.2) is 10.2 Å². The number of nitrogens with zero attached hydrogens (tertiary/aromatic N) is 2. The number of rotatable bonds is 2. The van der Waals surface area contributed by atoms with Crippen LogP contribution >= 0.6 is 0 Å². The first-order valence-electron chi connectivity index (χ1n) is 7.87. The van der Waals surface area contributed by atoms with Gasteiger partial charge in [-0.25, -0.2) is 0 Å². The predicted octanol–water partition coefficient (Wildman–Crippen LogP) is 3.50. The minimum Gasteiger partial charge on any atom is -0.460 e. The van der Waals surface area contributed by atoms with E-state index < -0.39 is 5.92 Å². The van der Waals surface area contributed by atoms with Gasteiger partial charge in [0.2, 0.25) is 11.8 Å². The van der Waals surface area contributed by atoms with Gasteiger partial charge >= 0.3 is 0 Å². The van der Waals surface area contributed by atoms with Gasteiger partial charge in [0.15, 0.2) is 0 Å². The third kappa shape index (κ3) is 2.37. The van der Waals surface area contributed by atoms with Crippen LogP contribution in [0.25, 0.3) is 11.3 Å². The number of hydrogen-bond donors (Lipinski definition) is 2. The highest BCUT2D eigenvalue weighted by atomic mass is 16.5. The lowest BCUT2D eigenvalue weighted by molar-refractivity contribution is 0.371. The highest BCUT2D eigenvalue weighted by molar-refractivity contribution is 5.60. The van der Waals surface area contributed by atoms with Crippen LogP contribution in [0.3, 0.4) is 0 Å². The van der Waals surface area contributed by atoms with Gasteiger partial charge in [0.1, 0.15) is 23.2 Å². The monoisotopic (exact) mass is 332 g/mol. The summed E-state index contributed by atoms with van der Waals surface area (Å²) in [6, 6.07) is 14.0. The minimum absolute atomic E-state index is 0.0554. The first-order chi connectivity index (χ1) is 12.1. The van der Waals surface area contributed by atoms with Crippen LogP contribution in [0.4, 0.5) is 0 Å². The van der Waals surface area contributed by atoms with Gasteiger partial charge in [-0.1, -0.05) is 29.8 Å². The van der Waals surface area contributed by atoms with Crippen molar-refractivity contribution in [3.8, 4) is 23.3 Å². The Bertz CT molecular complexity index is 1020. The molecule has 124 valence electrons. The van der Waals surface area contributed by atoms with E-state index in [1.165, 1.54) is 5.56 Å². The topological polar surface area (TPSA) is 101 Å². The summed E-state index contributed by atoms with van der Waals surface area (Å²) in [5.41, 5.74) is 9.98. The fourth-order valence-electron chi connectivity index (χ4n) is 3.06. The summed E-state index contributed by atoms with van der Waals surface area (Å²) in [7, 11) is 0. The zero-order valence-corrected chi connectivity index (χ0v) is 13.8. The van der Waals surface area contributed by atoms with E-state index in [1.54, 1.807) is 0 Å². The summed E-state index contributed by atoms with van der Waals surface area (Å²) in [5.74, 6) is 1.36. The molecule has 3 heterocycles. The number of nitriles is 1. The molecule has 1 aliphatic rings. The highest BCUT2D eigenvalue weighted by Crippen LogP contribution is 2.43. The highest BCUT2D eigenvalue weighted by Gasteiger charge is 2.36. The maximum Gasteiger partial charge on any atom is 0.244 e. The van der Waals surface area contributed by atoms with E-state index >= 15 is 0 Å². The maximum absolute atomic E-state index is 9.56. The van der Waals surface area contributed by atoms with Gasteiger partial charge in [-0.2, -0.15) is 5.26 Å². The standard InChI is InChI=1S/C19H16N4O2/c1-10-3-5-12(6-4-10)14-7-8-15(24-14)17-13(9-20)18(21)25-19-16(17)11(2)22-23-19/h3-8,17H,21H2,1-2H3,(H,22,23)/t17-/m1/s1. The molecule has 0 unspecified atom stereocenters. The first kappa shape index (κ1) is 15.1. The molecule has 4 rings (SSSR count). The smallest absolute Gasteiger partial charge is 0.244 e. The fourth-order valence-corrected chi connectivity index (χ4v) is 3.06. The van der Waals surface area contributed by atoms with Crippen LogP contribution < -0.4 is 10.5 Å². The molecule has 1 aliphatic heterocycles. The second kappa shape index (κ2) is 5.56. The van der Waals surface area contributed by atoms with Crippen molar-refractivity contribution < 1.29 is 9.15 Å². The second-order valence-corrected chi connectivity index (χ2v) is 6.06. The lowest BCUT2D eigenvalue weighted by atomic mass is 9.88. The maximum atomic E-state index is 9.56. The molecule has 0 radical (unpaired) electrons. The van der Waals surface area contributed by atoms with Gasteiger partial charge in [0, 0.05) is 11.3 Å². The summed E-state index contributed by atoms with van der Waals surface area (Å²) in [6.07, 6.45) is 0. The molecule has 3 aromatic rings. The molecule has 6 nitrogen and oxygen atoms in total. The minimum atomic E-state index is -0.438. The van der Waals surface area contributed by atoms with Crippen LogP contribution in [0.2, 0.25) is 0 Å². The molecule has 1 atom stereocenters. The van der Waals surface area contributed by atoms with Crippen molar-refractivity contribution in [2.24, 2.45) is 5.73 Å². The Labute approximate surface area is 144 Å². The molecule has 0 spiro atoms. The number of furan rings is 1. The Morgan fingerprint density at radius 2 is 1.92 bits per heavy atom. The number of H-pyrrole nitrogens is 1. The van der Waals surface area contributed by atoms with E-state index in [0.29, 0.717) is 17.2 Å². The average molecular weight is 332 g/mol. The first-order valence-corrected chi connectivity index (χ1v) is 7.87. The number of allylic oxidation sites excluding steroid dienone is 1. The van der Waals surface area contributed by atoms with Gasteiger partial charge in [-0.05, 0) is 26.0 Å². The second-order valence-electron chi connectivity index (χ2n) is 6.06. The molecule has 2 aromatic heterocycles. The number of aromatic nitrogens is 2. The number of nitrogens with one attached hydrogen (secondary N) is 1. The molecule has 0 saturated carbocycles. The molecule has 3 N–H and O–H groups in total. The van der Waals surface area contributed by atoms with Crippen LogP contribution in [0, 0.1) is 25.2 Å². The summed E-state index contributed by atoms with van der Waals surface area (Å²) in [5, 5.41) is 16.6. The van der Waals surface area contributed by atoms with Gasteiger partial charge in [0.05, 0.1) is 11.5 Å². The average Bonchev–Trinajstić information content (AvgIpc) is 3.22. The van der Waals surface area contributed by atoms with Crippen molar-refractivity contribution in [1.29, 1.82) is 5.26 Å². The third-order valence-electron chi connectivity index (χ3n) is 4.38. The molecule has 0 saturated heterocycles. The van der Waals surface area contributed by atoms with Gasteiger partial charge < -0.3 is 14.9 Å². The number of ether oxygens (including phenoxy) is 1. The molecular formula is C19H16N4O2. The molecule has 25 heavy (non-hydrogen) atoms. The van der Waals surface area contributed by atoms with Crippen LogP contribution in [0.5, 0.6) is 5.88 Å². The van der Waals surface area contributed by atoms with E-state index in [2.05, 4.69) is 16.3 Å². The predicted molar refractivity (Wildman–Crippen MR) is 91.5 cm³/mol. The van der Waals surface area contributed by atoms with Crippen molar-refractivity contribution in [2.45, 2.75) is 19.8 Å². The summed E-state index contributed by atoms with van der Waals surface area (Å²) in [4.78, 5) is 0. The van der Waals surface area contributed by atoms with E-state index in [9.17, 15) is 5.26 Å². The van der Waals surface area contributed by atoms with Gasteiger partial charge in [-0.3, -0.25) is 5.10 Å². The van der Waals surface area contributed by atoms with E-state index in [-0.39, 0.29) is 5.88 Å². The zero-order chi connectivity index (χ0) is 17.6. The Balaban J connectivity index is 1.82. The molecule has 0 fully saturated rings. The summed E-state index contributed by atoms with van der Waals surface area (Å²) < 4.78 is 11.5. The molecule has 1 aromatic carbocycles. The fraction of sp³-hybridized carbons (Fsp3) is 0.158. The SMILES string of the molecule is Cc1ccc(-c2ccc([C@H]3C(C#N)=C(N)Oc4n[nH]c(C)c43)o2)cc1. The van der Waals surface area contributed by atoms with Gasteiger partial charge in [0.25, 0.3) is 0 Å². The third-order valence-corrected chi connectivity index (χ3v) is 4.38. The van der Waals surface area contributed by atoms with E-state index in [4.69, 9.17) is 14.9 Å². The van der Waals surface area contributed by atoms with Crippen LogP contribution in [0.1, 0.15) is 28.5 Å². The Hall–Kier alpha value is -3.46. The Morgan fingerprint density at radius 1 is 1.16 bits per heavy atom. The van der Waals surface area contributed by atoms with Crippen LogP contribution in [-0.2, 0) is 0 Å². The number of benzene rings is 1. The van der Waals surface area contributed by atoms with Crippen molar-refractivity contribution in [3.05, 3.63) is 70.4 Å². The number of hydrogen-bond acceptors (Lipinski definition) is 5. The Morgan fingerprint density at radius 3 is 2.64 bits per heavy atom. The largest absolute Gasteiger partial charge is 0.460 e. The normalized spacial score (nSPS) is 16.3. The summed E-state index contributed by atoms with van der Waals surface area (Å²) >= 11 is 0. The van der Waals surface area contributed by atoms with Crippen molar-refractivity contribution in [2.75, 3.05) is 0 Å². The molecule has 0 amide bonds.